The summed E-state index contributed by atoms with van der Waals surface area (Å²) in [4.78, 5) is 14.4. The first kappa shape index (κ1) is 12.6. The van der Waals surface area contributed by atoms with Gasteiger partial charge in [0.15, 0.2) is 0 Å². The molecule has 0 aliphatic carbocycles. The lowest BCUT2D eigenvalue weighted by Crippen LogP contribution is -2.26. The predicted octanol–water partition coefficient (Wildman–Crippen LogP) is 3.13. The Bertz CT molecular complexity index is 562. The summed E-state index contributed by atoms with van der Waals surface area (Å²) in [5, 5.41) is 2.97. The van der Waals surface area contributed by atoms with E-state index in [0.717, 1.165) is 4.88 Å². The molecule has 94 valence electrons. The first-order valence-corrected chi connectivity index (χ1v) is 6.60. The number of thiophene rings is 1. The third kappa shape index (κ3) is 2.90. The van der Waals surface area contributed by atoms with Crippen LogP contribution in [0.1, 0.15) is 33.1 Å². The molecule has 1 aromatic carbocycles. The van der Waals surface area contributed by atoms with E-state index in [2.05, 4.69) is 18.3 Å². The molecule has 1 atom stereocenters. The molecule has 0 aliphatic heterocycles. The Balaban J connectivity index is 2.08. The van der Waals surface area contributed by atoms with Gasteiger partial charge in [-0.3, -0.25) is 4.79 Å². The molecule has 1 amide bonds. The summed E-state index contributed by atoms with van der Waals surface area (Å²) in [5.74, 6) is -0.0964. The number of nitrogen functional groups attached to an aromatic ring is 1. The van der Waals surface area contributed by atoms with Crippen LogP contribution in [0.4, 0.5) is 5.69 Å². The third-order valence-corrected chi connectivity index (χ3v) is 3.87. The van der Waals surface area contributed by atoms with E-state index in [0.29, 0.717) is 11.3 Å². The molecule has 0 saturated heterocycles. The molecule has 0 fully saturated rings. The Hall–Kier alpha value is -1.81. The number of carbonyl (C=O) groups excluding carboxylic acids is 1. The highest BCUT2D eigenvalue weighted by Gasteiger charge is 2.12. The molecular formula is C14H16N2OS. The summed E-state index contributed by atoms with van der Waals surface area (Å²) in [6, 6.07) is 11.1. The average Bonchev–Trinajstić information content (AvgIpc) is 2.76. The third-order valence-electron chi connectivity index (χ3n) is 2.68. The molecule has 1 aromatic heterocycles. The molecule has 4 heteroatoms. The van der Waals surface area contributed by atoms with E-state index in [1.165, 1.54) is 4.88 Å². The average molecular weight is 260 g/mol. The van der Waals surface area contributed by atoms with Gasteiger partial charge >= 0.3 is 0 Å². The summed E-state index contributed by atoms with van der Waals surface area (Å²) in [7, 11) is 0. The first-order chi connectivity index (χ1) is 8.56. The number of hydrogen-bond acceptors (Lipinski definition) is 3. The number of anilines is 1. The highest BCUT2D eigenvalue weighted by molar-refractivity contribution is 7.12. The van der Waals surface area contributed by atoms with Crippen molar-refractivity contribution in [2.45, 2.75) is 19.9 Å². The zero-order valence-electron chi connectivity index (χ0n) is 10.4. The lowest BCUT2D eigenvalue weighted by Gasteiger charge is -2.12. The molecule has 1 heterocycles. The van der Waals surface area contributed by atoms with Crippen LogP contribution in [0.25, 0.3) is 0 Å². The van der Waals surface area contributed by atoms with Gasteiger partial charge in [-0.15, -0.1) is 11.3 Å². The highest BCUT2D eigenvalue weighted by Crippen LogP contribution is 2.22. The molecule has 3 N–H and O–H groups in total. The number of hydrogen-bond donors (Lipinski definition) is 2. The van der Waals surface area contributed by atoms with E-state index in [1.54, 1.807) is 35.6 Å². The van der Waals surface area contributed by atoms with Crippen molar-refractivity contribution in [3.8, 4) is 0 Å². The quantitative estimate of drug-likeness (QED) is 0.833. The van der Waals surface area contributed by atoms with Crippen molar-refractivity contribution in [3.63, 3.8) is 0 Å². The van der Waals surface area contributed by atoms with Gasteiger partial charge in [0.2, 0.25) is 0 Å². The molecule has 2 rings (SSSR count). The van der Waals surface area contributed by atoms with E-state index in [-0.39, 0.29) is 11.9 Å². The van der Waals surface area contributed by atoms with Gasteiger partial charge in [-0.2, -0.15) is 0 Å². The number of benzene rings is 1. The predicted molar refractivity (Wildman–Crippen MR) is 75.8 cm³/mol. The molecule has 0 saturated carbocycles. The van der Waals surface area contributed by atoms with Crippen molar-refractivity contribution >= 4 is 22.9 Å². The number of amides is 1. The van der Waals surface area contributed by atoms with Gasteiger partial charge in [-0.05, 0) is 44.2 Å². The number of nitrogens with two attached hydrogens (primary N) is 1. The van der Waals surface area contributed by atoms with E-state index in [1.807, 2.05) is 13.0 Å². The summed E-state index contributed by atoms with van der Waals surface area (Å²) < 4.78 is 0. The maximum Gasteiger partial charge on any atom is 0.251 e. The number of aryl methyl sites for hydroxylation is 1. The fraction of sp³-hybridized carbons (Fsp3) is 0.214. The Morgan fingerprint density at radius 1 is 1.33 bits per heavy atom. The van der Waals surface area contributed by atoms with E-state index >= 15 is 0 Å². The van der Waals surface area contributed by atoms with Crippen LogP contribution in [0.3, 0.4) is 0 Å². The van der Waals surface area contributed by atoms with E-state index in [4.69, 9.17) is 5.73 Å². The largest absolute Gasteiger partial charge is 0.399 e. The van der Waals surface area contributed by atoms with Gasteiger partial charge in [0.25, 0.3) is 5.91 Å². The van der Waals surface area contributed by atoms with Gasteiger partial charge in [0.1, 0.15) is 0 Å². The van der Waals surface area contributed by atoms with E-state index in [9.17, 15) is 4.79 Å². The second kappa shape index (κ2) is 5.23. The smallest absolute Gasteiger partial charge is 0.251 e. The minimum absolute atomic E-state index is 0.0117. The van der Waals surface area contributed by atoms with Gasteiger partial charge < -0.3 is 11.1 Å². The fourth-order valence-corrected chi connectivity index (χ4v) is 2.60. The van der Waals surface area contributed by atoms with Crippen molar-refractivity contribution in [2.75, 3.05) is 5.73 Å². The SMILES string of the molecule is Cc1ccc(C(C)NC(=O)c2cccc(N)c2)s1. The first-order valence-electron chi connectivity index (χ1n) is 5.79. The summed E-state index contributed by atoms with van der Waals surface area (Å²) >= 11 is 1.70. The Morgan fingerprint density at radius 2 is 2.11 bits per heavy atom. The Labute approximate surface area is 111 Å². The van der Waals surface area contributed by atoms with Crippen molar-refractivity contribution in [2.24, 2.45) is 0 Å². The van der Waals surface area contributed by atoms with Crippen molar-refractivity contribution in [1.29, 1.82) is 0 Å². The Morgan fingerprint density at radius 3 is 2.72 bits per heavy atom. The van der Waals surface area contributed by atoms with Crippen LogP contribution in [0.2, 0.25) is 0 Å². The molecule has 1 unspecified atom stereocenters. The molecule has 2 aromatic rings. The molecule has 0 radical (unpaired) electrons. The maximum absolute atomic E-state index is 12.0. The second-order valence-corrected chi connectivity index (χ2v) is 5.59. The normalized spacial score (nSPS) is 12.1. The highest BCUT2D eigenvalue weighted by atomic mass is 32.1. The fourth-order valence-electron chi connectivity index (χ4n) is 1.72. The topological polar surface area (TPSA) is 55.1 Å². The van der Waals surface area contributed by atoms with Crippen molar-refractivity contribution in [1.82, 2.24) is 5.32 Å². The molecule has 0 aliphatic rings. The number of rotatable bonds is 3. The number of carbonyl (C=O) groups is 1. The van der Waals surface area contributed by atoms with E-state index < -0.39 is 0 Å². The Kier molecular flexibility index (Phi) is 3.67. The van der Waals surface area contributed by atoms with Crippen LogP contribution in [0, 0.1) is 6.92 Å². The van der Waals surface area contributed by atoms with Crippen molar-refractivity contribution in [3.05, 3.63) is 51.7 Å². The molecule has 18 heavy (non-hydrogen) atoms. The zero-order chi connectivity index (χ0) is 13.1. The van der Waals surface area contributed by atoms with Crippen LogP contribution < -0.4 is 11.1 Å². The van der Waals surface area contributed by atoms with Crippen LogP contribution >= 0.6 is 11.3 Å². The molecule has 0 bridgehead atoms. The monoisotopic (exact) mass is 260 g/mol. The summed E-state index contributed by atoms with van der Waals surface area (Å²) in [5.41, 5.74) is 6.86. The van der Waals surface area contributed by atoms with Crippen LogP contribution in [0.15, 0.2) is 36.4 Å². The standard InChI is InChI=1S/C14H16N2OS/c1-9-6-7-13(18-9)10(2)16-14(17)11-4-3-5-12(15)8-11/h3-8,10H,15H2,1-2H3,(H,16,17). The molecule has 3 nitrogen and oxygen atoms in total. The summed E-state index contributed by atoms with van der Waals surface area (Å²) in [6.45, 7) is 4.04. The van der Waals surface area contributed by atoms with Crippen LogP contribution in [-0.4, -0.2) is 5.91 Å². The minimum Gasteiger partial charge on any atom is -0.399 e. The van der Waals surface area contributed by atoms with Crippen molar-refractivity contribution < 1.29 is 4.79 Å². The maximum atomic E-state index is 12.0. The lowest BCUT2D eigenvalue weighted by molar-refractivity contribution is 0.0940. The second-order valence-electron chi connectivity index (χ2n) is 4.27. The van der Waals surface area contributed by atoms with Crippen LogP contribution in [-0.2, 0) is 0 Å². The van der Waals surface area contributed by atoms with Gasteiger partial charge in [0, 0.05) is 21.0 Å². The number of nitrogens with one attached hydrogen (secondary N) is 1. The van der Waals surface area contributed by atoms with Gasteiger partial charge in [-0.1, -0.05) is 6.07 Å². The zero-order valence-corrected chi connectivity index (χ0v) is 11.3. The van der Waals surface area contributed by atoms with Gasteiger partial charge in [-0.25, -0.2) is 0 Å². The summed E-state index contributed by atoms with van der Waals surface area (Å²) in [6.07, 6.45) is 0. The minimum atomic E-state index is -0.0964. The van der Waals surface area contributed by atoms with Gasteiger partial charge in [0.05, 0.1) is 6.04 Å². The van der Waals surface area contributed by atoms with Crippen LogP contribution in [0.5, 0.6) is 0 Å². The molecular weight excluding hydrogens is 244 g/mol. The molecule has 0 spiro atoms. The lowest BCUT2D eigenvalue weighted by atomic mass is 10.1.